The van der Waals surface area contributed by atoms with E-state index >= 15 is 0 Å². The van der Waals surface area contributed by atoms with Crippen LogP contribution in [-0.2, 0) is 0 Å². The molecule has 0 aliphatic carbocycles. The van der Waals surface area contributed by atoms with E-state index in [-0.39, 0.29) is 0 Å². The predicted octanol–water partition coefficient (Wildman–Crippen LogP) is 0.295. The Bertz CT molecular complexity index is 56.3. The van der Waals surface area contributed by atoms with Gasteiger partial charge in [0.25, 0.3) is 0 Å². The molecule has 0 amide bonds. The van der Waals surface area contributed by atoms with E-state index in [9.17, 15) is 0 Å². The van der Waals surface area contributed by atoms with Crippen molar-refractivity contribution in [3.63, 3.8) is 0 Å². The normalized spacial score (nSPS) is 12.0. The van der Waals surface area contributed by atoms with Gasteiger partial charge in [-0.05, 0) is 28.2 Å². The van der Waals surface area contributed by atoms with Crippen molar-refractivity contribution in [1.29, 1.82) is 0 Å². The third-order valence-corrected chi connectivity index (χ3v) is 2.46. The Morgan fingerprint density at radius 1 is 1.00 bits per heavy atom. The largest absolute Gasteiger partial charge is 0.285 e. The zero-order chi connectivity index (χ0) is 6.73. The highest BCUT2D eigenvalue weighted by atomic mass is 31.1. The van der Waals surface area contributed by atoms with Crippen molar-refractivity contribution >= 4 is 8.37 Å². The molecular weight excluding hydrogens is 121 g/mol. The van der Waals surface area contributed by atoms with Crippen LogP contribution in [0.1, 0.15) is 0 Å². The van der Waals surface area contributed by atoms with Crippen LogP contribution in [0, 0.1) is 0 Å². The highest BCUT2D eigenvalue weighted by Gasteiger charge is 2.05. The molecule has 2 N–H and O–H groups in total. The summed E-state index contributed by atoms with van der Waals surface area (Å²) in [5.41, 5.74) is 5.68. The molecule has 0 bridgehead atoms. The second-order valence-electron chi connectivity index (χ2n) is 2.01. The molecule has 0 aromatic heterocycles. The Balaban J connectivity index is 3.46. The molecule has 0 aromatic rings. The molecule has 0 atom stereocenters. The first kappa shape index (κ1) is 8.31. The van der Waals surface area contributed by atoms with Crippen molar-refractivity contribution in [3.8, 4) is 0 Å². The number of hydrogen-bond donors (Lipinski definition) is 1. The first-order chi connectivity index (χ1) is 3.55. The molecule has 0 unspecified atom stereocenters. The molecule has 0 aliphatic heterocycles. The third kappa shape index (κ3) is 2.58. The Hall–Kier alpha value is 0.310. The fraction of sp³-hybridized carbons (Fsp3) is 1.00. The van der Waals surface area contributed by atoms with Gasteiger partial charge in [-0.2, -0.15) is 0 Å². The van der Waals surface area contributed by atoms with Crippen LogP contribution >= 0.6 is 8.37 Å². The van der Waals surface area contributed by atoms with Gasteiger partial charge in [0.15, 0.2) is 0 Å². The highest BCUT2D eigenvalue weighted by molar-refractivity contribution is 7.49. The van der Waals surface area contributed by atoms with Gasteiger partial charge in [-0.1, -0.05) is 0 Å². The van der Waals surface area contributed by atoms with Gasteiger partial charge in [0.2, 0.25) is 0 Å². The maximum Gasteiger partial charge on any atom is 0.113 e. The molecule has 0 aliphatic rings. The molecule has 0 rings (SSSR count). The van der Waals surface area contributed by atoms with E-state index in [1.807, 2.05) is 37.5 Å². The SMILES string of the molecule is CN(C)P(N)N(C)C. The molecule has 0 spiro atoms. The van der Waals surface area contributed by atoms with Gasteiger partial charge >= 0.3 is 0 Å². The monoisotopic (exact) mass is 135 g/mol. The molecule has 0 saturated heterocycles. The van der Waals surface area contributed by atoms with E-state index in [1.165, 1.54) is 0 Å². The van der Waals surface area contributed by atoms with Gasteiger partial charge in [-0.3, -0.25) is 14.8 Å². The lowest BCUT2D eigenvalue weighted by molar-refractivity contribution is 0.574. The minimum atomic E-state index is -0.532. The van der Waals surface area contributed by atoms with Crippen LogP contribution < -0.4 is 5.50 Å². The van der Waals surface area contributed by atoms with Crippen molar-refractivity contribution in [2.24, 2.45) is 5.50 Å². The maximum atomic E-state index is 5.68. The van der Waals surface area contributed by atoms with Crippen molar-refractivity contribution in [2.45, 2.75) is 0 Å². The zero-order valence-electron chi connectivity index (χ0n) is 5.92. The van der Waals surface area contributed by atoms with Crippen molar-refractivity contribution in [2.75, 3.05) is 28.2 Å². The van der Waals surface area contributed by atoms with Crippen LogP contribution in [0.15, 0.2) is 0 Å². The van der Waals surface area contributed by atoms with Gasteiger partial charge in [0.05, 0.1) is 0 Å². The average Bonchev–Trinajstić information content (AvgIpc) is 1.64. The van der Waals surface area contributed by atoms with Crippen LogP contribution in [0.3, 0.4) is 0 Å². The summed E-state index contributed by atoms with van der Waals surface area (Å²) in [5, 5.41) is 0. The maximum absolute atomic E-state index is 5.68. The average molecular weight is 135 g/mol. The van der Waals surface area contributed by atoms with Crippen LogP contribution in [0.25, 0.3) is 0 Å². The molecule has 4 heteroatoms. The van der Waals surface area contributed by atoms with Crippen LogP contribution in [0.5, 0.6) is 0 Å². The number of rotatable bonds is 2. The molecule has 3 nitrogen and oxygen atoms in total. The van der Waals surface area contributed by atoms with Crippen molar-refractivity contribution in [1.82, 2.24) is 9.34 Å². The van der Waals surface area contributed by atoms with E-state index in [0.29, 0.717) is 0 Å². The summed E-state index contributed by atoms with van der Waals surface area (Å²) in [6.45, 7) is 0. The number of hydrogen-bond acceptors (Lipinski definition) is 3. The van der Waals surface area contributed by atoms with Gasteiger partial charge < -0.3 is 0 Å². The van der Waals surface area contributed by atoms with Gasteiger partial charge in [0, 0.05) is 0 Å². The molecule has 0 heterocycles. The fourth-order valence-electron chi connectivity index (χ4n) is 0.358. The van der Waals surface area contributed by atoms with E-state index in [0.717, 1.165) is 0 Å². The van der Waals surface area contributed by atoms with Gasteiger partial charge in [-0.25, -0.2) is 0 Å². The Labute approximate surface area is 52.4 Å². The summed E-state index contributed by atoms with van der Waals surface area (Å²) < 4.78 is 4.02. The minimum absolute atomic E-state index is 0.532. The predicted molar refractivity (Wildman–Crippen MR) is 38.5 cm³/mol. The summed E-state index contributed by atoms with van der Waals surface area (Å²) >= 11 is 0. The standard InChI is InChI=1S/C4H14N3P/c1-6(2)8(5)7(3)4/h5H2,1-4H3. The molecule has 0 fully saturated rings. The van der Waals surface area contributed by atoms with E-state index in [1.54, 1.807) is 0 Å². The Morgan fingerprint density at radius 3 is 1.25 bits per heavy atom. The number of nitrogens with zero attached hydrogens (tertiary/aromatic N) is 2. The molecular formula is C4H14N3P. The van der Waals surface area contributed by atoms with Crippen LogP contribution in [0.4, 0.5) is 0 Å². The first-order valence-corrected chi connectivity index (χ1v) is 3.76. The minimum Gasteiger partial charge on any atom is -0.285 e. The number of nitrogens with two attached hydrogens (primary N) is 1. The zero-order valence-corrected chi connectivity index (χ0v) is 6.81. The van der Waals surface area contributed by atoms with Gasteiger partial charge in [0.1, 0.15) is 8.37 Å². The van der Waals surface area contributed by atoms with E-state index in [2.05, 4.69) is 0 Å². The molecule has 0 aromatic carbocycles. The van der Waals surface area contributed by atoms with Crippen LogP contribution in [0.2, 0.25) is 0 Å². The lowest BCUT2D eigenvalue weighted by Gasteiger charge is -2.24. The summed E-state index contributed by atoms with van der Waals surface area (Å²) in [6.07, 6.45) is 0. The van der Waals surface area contributed by atoms with Crippen molar-refractivity contribution in [3.05, 3.63) is 0 Å². The smallest absolute Gasteiger partial charge is 0.113 e. The lowest BCUT2D eigenvalue weighted by atomic mass is 11.3. The topological polar surface area (TPSA) is 32.5 Å². The first-order valence-electron chi connectivity index (χ1n) is 2.45. The summed E-state index contributed by atoms with van der Waals surface area (Å²) in [6, 6.07) is 0. The second kappa shape index (κ2) is 3.36. The van der Waals surface area contributed by atoms with Crippen molar-refractivity contribution < 1.29 is 0 Å². The Morgan fingerprint density at radius 2 is 1.25 bits per heavy atom. The van der Waals surface area contributed by atoms with E-state index < -0.39 is 8.37 Å². The summed E-state index contributed by atoms with van der Waals surface area (Å²) in [4.78, 5) is 0. The quantitative estimate of drug-likeness (QED) is 0.552. The molecule has 0 radical (unpaired) electrons. The van der Waals surface area contributed by atoms with Crippen LogP contribution in [-0.4, -0.2) is 37.5 Å². The molecule has 50 valence electrons. The second-order valence-corrected chi connectivity index (χ2v) is 4.26. The van der Waals surface area contributed by atoms with Gasteiger partial charge in [-0.15, -0.1) is 0 Å². The van der Waals surface area contributed by atoms with E-state index in [4.69, 9.17) is 5.50 Å². The molecule has 8 heavy (non-hydrogen) atoms. The Kier molecular flexibility index (Phi) is 3.49. The third-order valence-electron chi connectivity index (χ3n) is 0.820. The lowest BCUT2D eigenvalue weighted by Crippen LogP contribution is -2.21. The highest BCUT2D eigenvalue weighted by Crippen LogP contribution is 2.28. The summed E-state index contributed by atoms with van der Waals surface area (Å²) in [7, 11) is 7.38. The fourth-order valence-corrected chi connectivity index (χ4v) is 1.07. The molecule has 0 saturated carbocycles. The summed E-state index contributed by atoms with van der Waals surface area (Å²) in [5.74, 6) is 0.